The second kappa shape index (κ2) is 14.4. The van der Waals surface area contributed by atoms with Gasteiger partial charge in [0.25, 0.3) is 5.91 Å². The number of ether oxygens (including phenoxy) is 1. The van der Waals surface area contributed by atoms with E-state index in [4.69, 9.17) is 4.74 Å². The minimum Gasteiger partial charge on any atom is -0.457 e. The van der Waals surface area contributed by atoms with Crippen LogP contribution in [-0.2, 0) is 16.6 Å². The van der Waals surface area contributed by atoms with E-state index in [1.165, 1.54) is 0 Å². The molecule has 266 valence electrons. The van der Waals surface area contributed by atoms with E-state index in [2.05, 4.69) is 52.4 Å². The molecule has 0 radical (unpaired) electrons. The number of hydrogen-bond acceptors (Lipinski definition) is 5. The summed E-state index contributed by atoms with van der Waals surface area (Å²) in [6.45, 7) is 5.53. The second-order valence-electron chi connectivity index (χ2n) is 13.8. The molecule has 0 aliphatic carbocycles. The highest BCUT2D eigenvalue weighted by atomic mass is 19.4. The minimum atomic E-state index is -4.53. The molecule has 51 heavy (non-hydrogen) atoms. The summed E-state index contributed by atoms with van der Waals surface area (Å²) in [6, 6.07) is 30.7. The number of carbonyl (C=O) groups is 2. The molecule has 0 spiro atoms. The van der Waals surface area contributed by atoms with E-state index >= 15 is 0 Å². The van der Waals surface area contributed by atoms with E-state index in [0.717, 1.165) is 67.9 Å². The summed E-state index contributed by atoms with van der Waals surface area (Å²) in [5.41, 5.74) is 3.92. The fourth-order valence-corrected chi connectivity index (χ4v) is 7.95. The highest BCUT2D eigenvalue weighted by molar-refractivity contribution is 5.98. The molecule has 1 atom stereocenters. The number of rotatable bonds is 10. The fraction of sp³-hybridized carbons (Fsp3) is 0.366. The Bertz CT molecular complexity index is 1830. The number of para-hydroxylation sites is 2. The Kier molecular flexibility index (Phi) is 9.79. The van der Waals surface area contributed by atoms with Crippen molar-refractivity contribution in [2.75, 3.05) is 50.7 Å². The van der Waals surface area contributed by atoms with E-state index in [1.807, 2.05) is 23.1 Å². The number of carbonyl (C=O) groups excluding carboxylic acids is 2. The average molecular weight is 697 g/mol. The van der Waals surface area contributed by atoms with Gasteiger partial charge in [-0.05, 0) is 68.1 Å². The van der Waals surface area contributed by atoms with Crippen LogP contribution >= 0.6 is 0 Å². The van der Waals surface area contributed by atoms with Crippen LogP contribution in [0.5, 0.6) is 11.5 Å². The number of halogens is 3. The lowest BCUT2D eigenvalue weighted by Crippen LogP contribution is -2.49. The van der Waals surface area contributed by atoms with Crippen molar-refractivity contribution in [1.29, 1.82) is 0 Å². The smallest absolute Gasteiger partial charge is 0.405 e. The van der Waals surface area contributed by atoms with Gasteiger partial charge >= 0.3 is 6.18 Å². The van der Waals surface area contributed by atoms with Crippen molar-refractivity contribution in [2.24, 2.45) is 0 Å². The van der Waals surface area contributed by atoms with Gasteiger partial charge in [0.15, 0.2) is 0 Å². The van der Waals surface area contributed by atoms with E-state index in [1.54, 1.807) is 48.5 Å². The summed E-state index contributed by atoms with van der Waals surface area (Å²) in [4.78, 5) is 34.3. The summed E-state index contributed by atoms with van der Waals surface area (Å²) in [6.07, 6.45) is -1.94. The third-order valence-electron chi connectivity index (χ3n) is 10.7. The normalized spacial score (nSPS) is 17.5. The van der Waals surface area contributed by atoms with E-state index in [9.17, 15) is 22.8 Å². The molecule has 0 bridgehead atoms. The van der Waals surface area contributed by atoms with Gasteiger partial charge in [0.2, 0.25) is 5.91 Å². The Hall–Kier alpha value is -4.83. The third-order valence-corrected chi connectivity index (χ3v) is 10.7. The maximum Gasteiger partial charge on any atom is 0.405 e. The van der Waals surface area contributed by atoms with Crippen LogP contribution in [0.15, 0.2) is 97.1 Å². The van der Waals surface area contributed by atoms with Gasteiger partial charge in [-0.3, -0.25) is 14.5 Å². The summed E-state index contributed by atoms with van der Waals surface area (Å²) in [7, 11) is 0. The lowest BCUT2D eigenvalue weighted by molar-refractivity contribution is -0.141. The first kappa shape index (κ1) is 34.6. The van der Waals surface area contributed by atoms with Crippen LogP contribution in [0, 0.1) is 0 Å². The Morgan fingerprint density at radius 2 is 1.49 bits per heavy atom. The van der Waals surface area contributed by atoms with E-state index in [-0.39, 0.29) is 11.9 Å². The first-order valence-corrected chi connectivity index (χ1v) is 17.8. The summed E-state index contributed by atoms with van der Waals surface area (Å²) in [5, 5.41) is 2.20. The standard InChI is InChI=1S/C41H43F3N4O3/c1-29(30-11-3-2-4-12-30)48-22-19-31-17-18-32(27-33(31)38(48)49)47-25-23-46(24-26-47)21-10-9-20-40(39(50)45-28-41(42,43)44)34-13-5-7-15-36(34)51-37-16-8-6-14-35(37)40/h2-8,11-18,27,29H,9-10,19-26,28H2,1H3,(H,45,50). The molecule has 3 heterocycles. The van der Waals surface area contributed by atoms with Crippen LogP contribution in [0.2, 0.25) is 0 Å². The predicted octanol–water partition coefficient (Wildman–Crippen LogP) is 7.51. The summed E-state index contributed by atoms with van der Waals surface area (Å²) >= 11 is 0. The van der Waals surface area contributed by atoms with Crippen LogP contribution in [0.1, 0.15) is 64.8 Å². The molecule has 4 aromatic carbocycles. The zero-order valence-electron chi connectivity index (χ0n) is 28.8. The maximum atomic E-state index is 13.9. The molecule has 1 saturated heterocycles. The topological polar surface area (TPSA) is 65.1 Å². The Morgan fingerprint density at radius 1 is 0.843 bits per heavy atom. The molecule has 3 aliphatic heterocycles. The average Bonchev–Trinajstić information content (AvgIpc) is 3.15. The molecule has 3 aliphatic rings. The molecule has 1 unspecified atom stereocenters. The van der Waals surface area contributed by atoms with Crippen molar-refractivity contribution in [3.8, 4) is 11.5 Å². The molecular formula is C41H43F3N4O3. The largest absolute Gasteiger partial charge is 0.457 e. The zero-order chi connectivity index (χ0) is 35.6. The third kappa shape index (κ3) is 7.06. The molecule has 2 amide bonds. The zero-order valence-corrected chi connectivity index (χ0v) is 28.8. The highest BCUT2D eigenvalue weighted by Crippen LogP contribution is 2.51. The molecule has 7 rings (SSSR count). The van der Waals surface area contributed by atoms with Crippen molar-refractivity contribution >= 4 is 17.5 Å². The summed E-state index contributed by atoms with van der Waals surface area (Å²) in [5.74, 6) is 0.374. The van der Waals surface area contributed by atoms with Gasteiger partial charge in [-0.15, -0.1) is 0 Å². The van der Waals surface area contributed by atoms with E-state index < -0.39 is 24.0 Å². The second-order valence-corrected chi connectivity index (χ2v) is 13.8. The van der Waals surface area contributed by atoms with Crippen LogP contribution in [-0.4, -0.2) is 73.6 Å². The minimum absolute atomic E-state index is 0.000800. The number of anilines is 1. The number of benzene rings is 4. The van der Waals surface area contributed by atoms with Crippen LogP contribution in [0.3, 0.4) is 0 Å². The Morgan fingerprint density at radius 3 is 2.16 bits per heavy atom. The molecule has 10 heteroatoms. The molecule has 7 nitrogen and oxygen atoms in total. The van der Waals surface area contributed by atoms with Gasteiger partial charge in [-0.25, -0.2) is 0 Å². The maximum absolute atomic E-state index is 13.9. The Balaban J connectivity index is 0.989. The number of alkyl halides is 3. The van der Waals surface area contributed by atoms with Crippen molar-refractivity contribution in [1.82, 2.24) is 15.1 Å². The molecule has 4 aromatic rings. The van der Waals surface area contributed by atoms with Gasteiger partial charge in [-0.1, -0.05) is 79.2 Å². The molecular weight excluding hydrogens is 653 g/mol. The van der Waals surface area contributed by atoms with Crippen molar-refractivity contribution in [3.63, 3.8) is 0 Å². The van der Waals surface area contributed by atoms with Gasteiger partial charge in [0, 0.05) is 55.1 Å². The van der Waals surface area contributed by atoms with Gasteiger partial charge in [0.1, 0.15) is 23.5 Å². The predicted molar refractivity (Wildman–Crippen MR) is 191 cm³/mol. The number of hydrogen-bond donors (Lipinski definition) is 1. The first-order valence-electron chi connectivity index (χ1n) is 17.8. The molecule has 1 N–H and O–H groups in total. The fourth-order valence-electron chi connectivity index (χ4n) is 7.95. The number of piperazine rings is 1. The monoisotopic (exact) mass is 696 g/mol. The molecule has 0 saturated carbocycles. The number of nitrogens with one attached hydrogen (secondary N) is 1. The molecule has 0 aromatic heterocycles. The lowest BCUT2D eigenvalue weighted by Gasteiger charge is -2.39. The number of nitrogens with zero attached hydrogens (tertiary/aromatic N) is 3. The van der Waals surface area contributed by atoms with Gasteiger partial charge in [0.05, 0.1) is 6.04 Å². The number of fused-ring (bicyclic) bond motifs is 3. The van der Waals surface area contributed by atoms with Crippen LogP contribution in [0.4, 0.5) is 18.9 Å². The number of amides is 2. The number of unbranched alkanes of at least 4 members (excludes halogenated alkanes) is 1. The Labute approximate surface area is 297 Å². The van der Waals surface area contributed by atoms with Crippen molar-refractivity contribution in [3.05, 3.63) is 125 Å². The SMILES string of the molecule is CC(c1ccccc1)N1CCc2ccc(N3CCN(CCCCC4(C(=O)NCC(F)(F)F)c5ccccc5Oc5ccccc54)CC3)cc2C1=O. The lowest BCUT2D eigenvalue weighted by atomic mass is 9.68. The summed E-state index contributed by atoms with van der Waals surface area (Å²) < 4.78 is 45.9. The van der Waals surface area contributed by atoms with Crippen molar-refractivity contribution in [2.45, 2.75) is 50.2 Å². The van der Waals surface area contributed by atoms with Crippen LogP contribution in [0.25, 0.3) is 0 Å². The first-order chi connectivity index (χ1) is 24.6. The molecule has 1 fully saturated rings. The van der Waals surface area contributed by atoms with Gasteiger partial charge < -0.3 is 19.9 Å². The van der Waals surface area contributed by atoms with E-state index in [0.29, 0.717) is 42.0 Å². The highest BCUT2D eigenvalue weighted by Gasteiger charge is 2.48. The van der Waals surface area contributed by atoms with Crippen LogP contribution < -0.4 is 15.0 Å². The van der Waals surface area contributed by atoms with Gasteiger partial charge in [-0.2, -0.15) is 13.2 Å². The quantitative estimate of drug-likeness (QED) is 0.174. The van der Waals surface area contributed by atoms with Crippen molar-refractivity contribution < 1.29 is 27.5 Å².